The molecular weight excluding hydrogens is 666 g/mol. The Morgan fingerprint density at radius 3 is 2.10 bits per heavy atom. The molecule has 0 aliphatic carbocycles. The normalized spacial score (nSPS) is 12.2. The van der Waals surface area contributed by atoms with E-state index in [1.165, 1.54) is 28.8 Å². The maximum atomic E-state index is 14.7. The fourth-order valence-electron chi connectivity index (χ4n) is 5.10. The number of hydrogen-bond acceptors (Lipinski definition) is 6. The van der Waals surface area contributed by atoms with Crippen LogP contribution in [0.3, 0.4) is 0 Å². The molecule has 0 aliphatic rings. The highest BCUT2D eigenvalue weighted by molar-refractivity contribution is 7.98. The van der Waals surface area contributed by atoms with Crippen LogP contribution in [0.2, 0.25) is 5.02 Å². The molecule has 0 aliphatic heterocycles. The van der Waals surface area contributed by atoms with Gasteiger partial charge < -0.3 is 15.0 Å². The Balaban J connectivity index is 1.83. The summed E-state index contributed by atoms with van der Waals surface area (Å²) in [4.78, 5) is 31.1. The van der Waals surface area contributed by atoms with Gasteiger partial charge in [0.2, 0.25) is 11.8 Å². The Hall–Kier alpha value is -3.99. The van der Waals surface area contributed by atoms with Gasteiger partial charge in [-0.05, 0) is 99.7 Å². The Kier molecular flexibility index (Phi) is 12.6. The van der Waals surface area contributed by atoms with E-state index in [0.717, 1.165) is 14.8 Å². The Labute approximate surface area is 293 Å². The van der Waals surface area contributed by atoms with Crippen LogP contribution in [0.5, 0.6) is 5.75 Å². The summed E-state index contributed by atoms with van der Waals surface area (Å²) in [5.41, 5.74) is 1.15. The summed E-state index contributed by atoms with van der Waals surface area (Å²) in [6.45, 7) is 7.31. The van der Waals surface area contributed by atoms with Crippen molar-refractivity contribution in [3.8, 4) is 5.75 Å². The van der Waals surface area contributed by atoms with E-state index < -0.39 is 34.1 Å². The third-order valence-electron chi connectivity index (χ3n) is 7.43. The monoisotopic (exact) mass is 707 g/mol. The van der Waals surface area contributed by atoms with Crippen LogP contribution in [-0.4, -0.2) is 56.1 Å². The summed E-state index contributed by atoms with van der Waals surface area (Å²) in [7, 11) is -4.24. The highest BCUT2D eigenvalue weighted by Crippen LogP contribution is 2.29. The highest BCUT2D eigenvalue weighted by Gasteiger charge is 2.36. The zero-order chi connectivity index (χ0) is 34.9. The predicted octanol–water partition coefficient (Wildman–Crippen LogP) is 7.21. The SMILES string of the molecule is CCOc1ccc(N(CC(=O)N(Cc2ccccc2Cl)[C@@H](Cc2ccccc2)C(=O)NC(C)(C)C)S(=O)(=O)c2ccc(SC)cc2)cc1. The van der Waals surface area contributed by atoms with Crippen LogP contribution < -0.4 is 14.4 Å². The zero-order valence-corrected chi connectivity index (χ0v) is 30.2. The molecule has 0 heterocycles. The number of thioether (sulfide) groups is 1. The van der Waals surface area contributed by atoms with Crippen LogP contribution in [0.1, 0.15) is 38.8 Å². The first-order valence-electron chi connectivity index (χ1n) is 15.6. The number of sulfonamides is 1. The summed E-state index contributed by atoms with van der Waals surface area (Å²) >= 11 is 8.08. The molecule has 0 aromatic heterocycles. The first-order valence-corrected chi connectivity index (χ1v) is 18.6. The largest absolute Gasteiger partial charge is 0.494 e. The summed E-state index contributed by atoms with van der Waals surface area (Å²) < 4.78 is 35.3. The van der Waals surface area contributed by atoms with E-state index in [9.17, 15) is 18.0 Å². The minimum atomic E-state index is -4.24. The highest BCUT2D eigenvalue weighted by atomic mass is 35.5. The lowest BCUT2D eigenvalue weighted by atomic mass is 10.0. The van der Waals surface area contributed by atoms with Crippen molar-refractivity contribution in [2.75, 3.05) is 23.7 Å². The van der Waals surface area contributed by atoms with Gasteiger partial charge in [0, 0.05) is 28.4 Å². The van der Waals surface area contributed by atoms with E-state index in [4.69, 9.17) is 16.3 Å². The molecule has 8 nitrogen and oxygen atoms in total. The number of nitrogens with zero attached hydrogens (tertiary/aromatic N) is 2. The van der Waals surface area contributed by atoms with Gasteiger partial charge in [-0.15, -0.1) is 11.8 Å². The topological polar surface area (TPSA) is 96.0 Å². The van der Waals surface area contributed by atoms with Crippen LogP contribution >= 0.6 is 23.4 Å². The number of amides is 2. The molecule has 48 heavy (non-hydrogen) atoms. The number of carbonyl (C=O) groups is 2. The van der Waals surface area contributed by atoms with Crippen molar-refractivity contribution in [1.29, 1.82) is 0 Å². The van der Waals surface area contributed by atoms with Crippen molar-refractivity contribution in [3.63, 3.8) is 0 Å². The number of nitrogens with one attached hydrogen (secondary N) is 1. The van der Waals surface area contributed by atoms with Crippen LogP contribution in [-0.2, 0) is 32.6 Å². The summed E-state index contributed by atoms with van der Waals surface area (Å²) in [5.74, 6) is -0.371. The molecule has 0 saturated carbocycles. The molecule has 0 saturated heterocycles. The van der Waals surface area contributed by atoms with Crippen molar-refractivity contribution in [3.05, 3.63) is 119 Å². The van der Waals surface area contributed by atoms with Gasteiger partial charge >= 0.3 is 0 Å². The number of halogens is 1. The second-order valence-electron chi connectivity index (χ2n) is 12.2. The van der Waals surface area contributed by atoms with Gasteiger partial charge in [-0.3, -0.25) is 13.9 Å². The Morgan fingerprint density at radius 1 is 0.896 bits per heavy atom. The molecule has 0 bridgehead atoms. The van der Waals surface area contributed by atoms with Crippen LogP contribution in [0, 0.1) is 0 Å². The van der Waals surface area contributed by atoms with E-state index >= 15 is 0 Å². The molecule has 1 N–H and O–H groups in total. The van der Waals surface area contributed by atoms with Gasteiger partial charge in [-0.2, -0.15) is 0 Å². The first-order chi connectivity index (χ1) is 22.8. The molecule has 4 aromatic rings. The average molecular weight is 708 g/mol. The molecule has 0 spiro atoms. The van der Waals surface area contributed by atoms with E-state index in [2.05, 4.69) is 5.32 Å². The van der Waals surface area contributed by atoms with E-state index in [-0.39, 0.29) is 29.5 Å². The molecule has 0 radical (unpaired) electrons. The van der Waals surface area contributed by atoms with Gasteiger partial charge in [-0.25, -0.2) is 8.42 Å². The first kappa shape index (κ1) is 36.8. The van der Waals surface area contributed by atoms with Gasteiger partial charge in [0.15, 0.2) is 0 Å². The summed E-state index contributed by atoms with van der Waals surface area (Å²) in [6, 6.07) is 28.6. The quantitative estimate of drug-likeness (QED) is 0.139. The molecular formula is C37H42ClN3O5S2. The molecule has 0 unspecified atom stereocenters. The van der Waals surface area contributed by atoms with Crippen LogP contribution in [0.25, 0.3) is 0 Å². The van der Waals surface area contributed by atoms with E-state index in [1.807, 2.05) is 64.3 Å². The van der Waals surface area contributed by atoms with Crippen molar-refractivity contribution in [2.45, 2.75) is 62.0 Å². The lowest BCUT2D eigenvalue weighted by Crippen LogP contribution is -2.56. The smallest absolute Gasteiger partial charge is 0.264 e. The van der Waals surface area contributed by atoms with Gasteiger partial charge in [-0.1, -0.05) is 60.1 Å². The number of benzene rings is 4. The van der Waals surface area contributed by atoms with E-state index in [0.29, 0.717) is 22.9 Å². The third kappa shape index (κ3) is 9.78. The van der Waals surface area contributed by atoms with Crippen molar-refractivity contribution in [1.82, 2.24) is 10.2 Å². The standard InChI is InChI=1S/C37H42ClN3O5S2/c1-6-46-30-18-16-29(17-19-30)41(48(44,45)32-22-20-31(47-5)21-23-32)26-35(42)40(25-28-14-10-11-15-33(28)38)34(36(43)39-37(2,3)4)24-27-12-8-7-9-13-27/h7-23,34H,6,24-26H2,1-5H3,(H,39,43)/t34-/m0/s1. The van der Waals surface area contributed by atoms with Crippen LogP contribution in [0.15, 0.2) is 113 Å². The predicted molar refractivity (Wildman–Crippen MR) is 194 cm³/mol. The van der Waals surface area contributed by atoms with Gasteiger partial charge in [0.05, 0.1) is 17.2 Å². The molecule has 254 valence electrons. The summed E-state index contributed by atoms with van der Waals surface area (Å²) in [6.07, 6.45) is 2.11. The number of hydrogen-bond donors (Lipinski definition) is 1. The molecule has 4 rings (SSSR count). The lowest BCUT2D eigenvalue weighted by Gasteiger charge is -2.35. The Morgan fingerprint density at radius 2 is 1.52 bits per heavy atom. The maximum Gasteiger partial charge on any atom is 0.264 e. The van der Waals surface area contributed by atoms with E-state index in [1.54, 1.807) is 60.7 Å². The second kappa shape index (κ2) is 16.4. The molecule has 11 heteroatoms. The molecule has 4 aromatic carbocycles. The second-order valence-corrected chi connectivity index (χ2v) is 15.3. The Bertz CT molecular complexity index is 1780. The molecule has 1 atom stereocenters. The average Bonchev–Trinajstić information content (AvgIpc) is 3.06. The fraction of sp³-hybridized carbons (Fsp3) is 0.297. The number of carbonyl (C=O) groups excluding carboxylic acids is 2. The molecule has 0 fully saturated rings. The minimum absolute atomic E-state index is 0.0207. The fourth-order valence-corrected chi connectivity index (χ4v) is 7.11. The number of ether oxygens (including phenoxy) is 1. The summed E-state index contributed by atoms with van der Waals surface area (Å²) in [5, 5.41) is 3.46. The van der Waals surface area contributed by atoms with Crippen molar-refractivity contribution >= 4 is 50.9 Å². The number of anilines is 1. The maximum absolute atomic E-state index is 14.7. The zero-order valence-electron chi connectivity index (χ0n) is 27.9. The molecule has 2 amide bonds. The number of rotatable bonds is 14. The lowest BCUT2D eigenvalue weighted by molar-refractivity contribution is -0.140. The third-order valence-corrected chi connectivity index (χ3v) is 10.3. The van der Waals surface area contributed by atoms with Gasteiger partial charge in [0.1, 0.15) is 18.3 Å². The van der Waals surface area contributed by atoms with Crippen molar-refractivity contribution < 1.29 is 22.7 Å². The minimum Gasteiger partial charge on any atom is -0.494 e. The van der Waals surface area contributed by atoms with Gasteiger partial charge in [0.25, 0.3) is 10.0 Å². The van der Waals surface area contributed by atoms with Crippen LogP contribution in [0.4, 0.5) is 5.69 Å². The van der Waals surface area contributed by atoms with Crippen molar-refractivity contribution in [2.24, 2.45) is 0 Å².